The number of phenols is 1. The van der Waals surface area contributed by atoms with Crippen LogP contribution in [0.5, 0.6) is 11.5 Å². The molecule has 2 rings (SSSR count). The minimum Gasteiger partial charge on any atom is -0.507 e. The number of rotatable bonds is 2. The molecule has 0 aliphatic rings. The molecule has 5 nitrogen and oxygen atoms in total. The maximum atomic E-state index is 9.81. The van der Waals surface area contributed by atoms with Crippen molar-refractivity contribution in [2.24, 2.45) is 5.16 Å². The number of furan rings is 1. The number of ether oxygens (including phenoxy) is 1. The van der Waals surface area contributed by atoms with E-state index in [-0.39, 0.29) is 11.5 Å². The quantitative estimate of drug-likeness (QED) is 0.463. The van der Waals surface area contributed by atoms with Crippen molar-refractivity contribution in [3.05, 3.63) is 24.0 Å². The maximum absolute atomic E-state index is 9.81. The Morgan fingerprint density at radius 3 is 2.88 bits per heavy atom. The number of oxime groups is 1. The van der Waals surface area contributed by atoms with Crippen molar-refractivity contribution in [3.8, 4) is 11.5 Å². The summed E-state index contributed by atoms with van der Waals surface area (Å²) in [7, 11) is 1.48. The predicted molar refractivity (Wildman–Crippen MR) is 58.4 cm³/mol. The highest BCUT2D eigenvalue weighted by Gasteiger charge is 2.18. The molecular formula is C11H11NO4. The molecule has 0 aliphatic heterocycles. The molecule has 0 bridgehead atoms. The van der Waals surface area contributed by atoms with Gasteiger partial charge in [0.25, 0.3) is 0 Å². The van der Waals surface area contributed by atoms with E-state index in [4.69, 9.17) is 14.4 Å². The molecule has 0 amide bonds. The predicted octanol–water partition coefficient (Wildman–Crippen LogP) is 2.35. The van der Waals surface area contributed by atoms with E-state index in [1.807, 2.05) is 0 Å². The zero-order valence-corrected chi connectivity index (χ0v) is 8.89. The van der Waals surface area contributed by atoms with E-state index in [1.54, 1.807) is 13.0 Å². The molecule has 5 heteroatoms. The van der Waals surface area contributed by atoms with E-state index in [2.05, 4.69) is 5.16 Å². The Bertz CT molecular complexity index is 556. The van der Waals surface area contributed by atoms with Crippen molar-refractivity contribution in [3.63, 3.8) is 0 Å². The van der Waals surface area contributed by atoms with Crippen LogP contribution in [-0.2, 0) is 0 Å². The van der Waals surface area contributed by atoms with Crippen molar-refractivity contribution in [2.75, 3.05) is 7.11 Å². The Hall–Kier alpha value is -2.17. The first-order valence-corrected chi connectivity index (χ1v) is 4.65. The molecule has 0 spiro atoms. The Balaban J connectivity index is 2.85. The third-order valence-electron chi connectivity index (χ3n) is 2.41. The fourth-order valence-corrected chi connectivity index (χ4v) is 1.68. The fourth-order valence-electron chi connectivity index (χ4n) is 1.68. The average molecular weight is 221 g/mol. The summed E-state index contributed by atoms with van der Waals surface area (Å²) in [4.78, 5) is 0. The van der Waals surface area contributed by atoms with Crippen molar-refractivity contribution in [2.45, 2.75) is 6.92 Å². The van der Waals surface area contributed by atoms with Crippen LogP contribution in [0.1, 0.15) is 12.5 Å². The molecule has 1 aromatic carbocycles. The Morgan fingerprint density at radius 2 is 2.25 bits per heavy atom. The highest BCUT2D eigenvalue weighted by molar-refractivity contribution is 6.08. The van der Waals surface area contributed by atoms with Crippen LogP contribution in [0.25, 0.3) is 11.0 Å². The molecule has 0 fully saturated rings. The summed E-state index contributed by atoms with van der Waals surface area (Å²) in [5.74, 6) is 0.383. The third kappa shape index (κ3) is 1.37. The van der Waals surface area contributed by atoms with Gasteiger partial charge in [-0.3, -0.25) is 0 Å². The molecule has 2 aromatic rings. The molecule has 84 valence electrons. The van der Waals surface area contributed by atoms with Crippen LogP contribution < -0.4 is 4.74 Å². The molecule has 1 heterocycles. The number of fused-ring (bicyclic) bond motifs is 1. The molecule has 0 atom stereocenters. The van der Waals surface area contributed by atoms with Crippen molar-refractivity contribution < 1.29 is 19.5 Å². The second kappa shape index (κ2) is 3.77. The summed E-state index contributed by atoms with van der Waals surface area (Å²) in [6, 6.07) is 3.18. The average Bonchev–Trinajstić information content (AvgIpc) is 2.73. The summed E-state index contributed by atoms with van der Waals surface area (Å²) >= 11 is 0. The summed E-state index contributed by atoms with van der Waals surface area (Å²) < 4.78 is 10.4. The molecule has 16 heavy (non-hydrogen) atoms. The monoisotopic (exact) mass is 221 g/mol. The van der Waals surface area contributed by atoms with Gasteiger partial charge >= 0.3 is 0 Å². The Kier molecular flexibility index (Phi) is 2.44. The molecule has 1 aromatic heterocycles. The van der Waals surface area contributed by atoms with Gasteiger partial charge in [-0.2, -0.15) is 0 Å². The van der Waals surface area contributed by atoms with Gasteiger partial charge in [0.1, 0.15) is 17.1 Å². The Labute approximate surface area is 91.6 Å². The van der Waals surface area contributed by atoms with Crippen LogP contribution in [0.15, 0.2) is 28.0 Å². The van der Waals surface area contributed by atoms with Crippen molar-refractivity contribution >= 4 is 16.7 Å². The van der Waals surface area contributed by atoms with Crippen molar-refractivity contribution in [1.29, 1.82) is 0 Å². The Morgan fingerprint density at radius 1 is 1.50 bits per heavy atom. The zero-order valence-electron chi connectivity index (χ0n) is 8.89. The number of hydrogen-bond donors (Lipinski definition) is 2. The van der Waals surface area contributed by atoms with Gasteiger partial charge in [-0.25, -0.2) is 0 Å². The van der Waals surface area contributed by atoms with Crippen LogP contribution in [0, 0.1) is 0 Å². The lowest BCUT2D eigenvalue weighted by atomic mass is 10.1. The molecule has 0 saturated carbocycles. The lowest BCUT2D eigenvalue weighted by Crippen LogP contribution is -2.00. The number of benzene rings is 1. The minimum absolute atomic E-state index is 0.0467. The smallest absolute Gasteiger partial charge is 0.142 e. The molecule has 2 N–H and O–H groups in total. The largest absolute Gasteiger partial charge is 0.507 e. The summed E-state index contributed by atoms with van der Waals surface area (Å²) in [6.07, 6.45) is 1.50. The first-order chi connectivity index (χ1) is 7.69. The zero-order chi connectivity index (χ0) is 11.7. The summed E-state index contributed by atoms with van der Waals surface area (Å²) in [6.45, 7) is 1.57. The number of methoxy groups -OCH3 is 1. The van der Waals surface area contributed by atoms with E-state index in [0.717, 1.165) is 5.39 Å². The lowest BCUT2D eigenvalue weighted by molar-refractivity contribution is 0.318. The fraction of sp³-hybridized carbons (Fsp3) is 0.182. The number of aromatic hydroxyl groups is 1. The number of hydrogen-bond acceptors (Lipinski definition) is 5. The van der Waals surface area contributed by atoms with Crippen LogP contribution in [0.4, 0.5) is 0 Å². The highest BCUT2D eigenvalue weighted by atomic mass is 16.5. The van der Waals surface area contributed by atoms with Crippen molar-refractivity contribution in [1.82, 2.24) is 0 Å². The topological polar surface area (TPSA) is 75.2 Å². The molecule has 0 radical (unpaired) electrons. The van der Waals surface area contributed by atoms with Gasteiger partial charge < -0.3 is 19.5 Å². The van der Waals surface area contributed by atoms with Gasteiger partial charge in [-0.15, -0.1) is 0 Å². The molecule has 0 unspecified atom stereocenters. The summed E-state index contributed by atoms with van der Waals surface area (Å²) in [5.41, 5.74) is 1.15. The first-order valence-electron chi connectivity index (χ1n) is 4.65. The van der Waals surface area contributed by atoms with E-state index in [1.165, 1.54) is 19.4 Å². The van der Waals surface area contributed by atoms with Gasteiger partial charge in [0.05, 0.1) is 30.0 Å². The second-order valence-corrected chi connectivity index (χ2v) is 3.32. The third-order valence-corrected chi connectivity index (χ3v) is 2.41. The van der Waals surface area contributed by atoms with Crippen LogP contribution in [0.3, 0.4) is 0 Å². The normalized spacial score (nSPS) is 12.0. The van der Waals surface area contributed by atoms with Crippen LogP contribution in [-0.4, -0.2) is 23.1 Å². The van der Waals surface area contributed by atoms with Gasteiger partial charge in [-0.05, 0) is 13.0 Å². The van der Waals surface area contributed by atoms with Crippen LogP contribution in [0.2, 0.25) is 0 Å². The molecule has 0 aliphatic carbocycles. The lowest BCUT2D eigenvalue weighted by Gasteiger charge is -2.10. The second-order valence-electron chi connectivity index (χ2n) is 3.32. The maximum Gasteiger partial charge on any atom is 0.142 e. The SMILES string of the molecule is COc1c(C(C)=NO)c(O)cc2occc12. The van der Waals surface area contributed by atoms with E-state index < -0.39 is 0 Å². The minimum atomic E-state index is -0.0467. The standard InChI is InChI=1S/C11H11NO4/c1-6(12-14)10-8(13)5-9-7(3-4-16-9)11(10)15-2/h3-5,13-14H,1-2H3. The molecular weight excluding hydrogens is 210 g/mol. The number of phenolic OH excluding ortho intramolecular Hbond substituents is 1. The van der Waals surface area contributed by atoms with E-state index in [0.29, 0.717) is 16.9 Å². The van der Waals surface area contributed by atoms with Crippen LogP contribution >= 0.6 is 0 Å². The number of nitrogens with zero attached hydrogens (tertiary/aromatic N) is 1. The first kappa shape index (κ1) is 10.4. The van der Waals surface area contributed by atoms with Gasteiger partial charge in [0.15, 0.2) is 0 Å². The van der Waals surface area contributed by atoms with Gasteiger partial charge in [-0.1, -0.05) is 5.16 Å². The van der Waals surface area contributed by atoms with E-state index in [9.17, 15) is 5.11 Å². The van der Waals surface area contributed by atoms with Gasteiger partial charge in [0, 0.05) is 6.07 Å². The summed E-state index contributed by atoms with van der Waals surface area (Å²) in [5, 5.41) is 22.3. The van der Waals surface area contributed by atoms with Gasteiger partial charge in [0.2, 0.25) is 0 Å². The highest BCUT2D eigenvalue weighted by Crippen LogP contribution is 2.37. The molecule has 0 saturated heterocycles. The van der Waals surface area contributed by atoms with E-state index >= 15 is 0 Å².